The molecule has 0 radical (unpaired) electrons. The van der Waals surface area contributed by atoms with Crippen molar-refractivity contribution in [2.45, 2.75) is 39.5 Å². The third kappa shape index (κ3) is 3.57. The number of piperidine rings is 1. The van der Waals surface area contributed by atoms with E-state index in [1.807, 2.05) is 27.0 Å². The quantitative estimate of drug-likeness (QED) is 0.906. The largest absolute Gasteiger partial charge is 0.367 e. The Labute approximate surface area is 121 Å². The molecule has 1 aromatic rings. The lowest BCUT2D eigenvalue weighted by molar-refractivity contribution is -0.204. The molecule has 0 atom stereocenters. The summed E-state index contributed by atoms with van der Waals surface area (Å²) in [5, 5.41) is 8.90. The maximum atomic E-state index is 11.8. The summed E-state index contributed by atoms with van der Waals surface area (Å²) in [7, 11) is 0. The average Bonchev–Trinajstić information content (AvgIpc) is 2.75. The summed E-state index contributed by atoms with van der Waals surface area (Å²) in [6.45, 7) is 7.10. The summed E-state index contributed by atoms with van der Waals surface area (Å²) in [6.07, 6.45) is 3.74. The highest BCUT2D eigenvalue weighted by atomic mass is 79.9. The van der Waals surface area contributed by atoms with Crippen LogP contribution < -0.4 is 0 Å². The molecule has 106 valence electrons. The molecule has 0 amide bonds. The van der Waals surface area contributed by atoms with Crippen molar-refractivity contribution in [2.75, 3.05) is 13.1 Å². The van der Waals surface area contributed by atoms with Crippen molar-refractivity contribution in [3.8, 4) is 0 Å². The van der Waals surface area contributed by atoms with Gasteiger partial charge in [-0.3, -0.25) is 5.10 Å². The highest BCUT2D eigenvalue weighted by Gasteiger charge is 2.29. The van der Waals surface area contributed by atoms with Crippen LogP contribution in [0.5, 0.6) is 0 Å². The number of aromatic amines is 1. The van der Waals surface area contributed by atoms with Crippen molar-refractivity contribution in [1.29, 1.82) is 0 Å². The lowest BCUT2D eigenvalue weighted by atomic mass is 9.94. The number of halogens is 1. The van der Waals surface area contributed by atoms with E-state index in [2.05, 4.69) is 26.1 Å². The Kier molecular flexibility index (Phi) is 4.30. The maximum absolute atomic E-state index is 11.8. The SMILES string of the molecule is CC(C)(C)C(=O)ON1CCC(c2n[nH]cc2Br)CC1. The number of nitrogens with zero attached hydrogens (tertiary/aromatic N) is 2. The van der Waals surface area contributed by atoms with Crippen LogP contribution in [0.3, 0.4) is 0 Å². The van der Waals surface area contributed by atoms with Gasteiger partial charge in [-0.1, -0.05) is 0 Å². The molecule has 1 aromatic heterocycles. The minimum atomic E-state index is -0.456. The average molecular weight is 330 g/mol. The molecule has 0 saturated carbocycles. The number of H-pyrrole nitrogens is 1. The zero-order valence-corrected chi connectivity index (χ0v) is 13.2. The first-order valence-electron chi connectivity index (χ1n) is 6.54. The summed E-state index contributed by atoms with van der Waals surface area (Å²) in [4.78, 5) is 17.2. The van der Waals surface area contributed by atoms with Gasteiger partial charge in [-0.15, -0.1) is 5.06 Å². The first-order valence-corrected chi connectivity index (χ1v) is 7.33. The van der Waals surface area contributed by atoms with Crippen LogP contribution in [-0.2, 0) is 9.63 Å². The number of hydrogen-bond donors (Lipinski definition) is 1. The zero-order chi connectivity index (χ0) is 14.0. The van der Waals surface area contributed by atoms with Crippen LogP contribution in [0.4, 0.5) is 0 Å². The summed E-state index contributed by atoms with van der Waals surface area (Å²) >= 11 is 3.49. The third-order valence-electron chi connectivity index (χ3n) is 3.29. The number of nitrogens with one attached hydrogen (secondary N) is 1. The first-order chi connectivity index (χ1) is 8.88. The van der Waals surface area contributed by atoms with E-state index in [-0.39, 0.29) is 5.97 Å². The van der Waals surface area contributed by atoms with E-state index >= 15 is 0 Å². The van der Waals surface area contributed by atoms with Crippen molar-refractivity contribution in [2.24, 2.45) is 5.41 Å². The highest BCUT2D eigenvalue weighted by molar-refractivity contribution is 9.10. The van der Waals surface area contributed by atoms with Crippen molar-refractivity contribution in [3.63, 3.8) is 0 Å². The van der Waals surface area contributed by atoms with Gasteiger partial charge >= 0.3 is 5.97 Å². The number of aromatic nitrogens is 2. The standard InChI is InChI=1S/C13H20BrN3O2/c1-13(2,3)12(18)19-17-6-4-9(5-7-17)11-10(14)8-15-16-11/h8-9H,4-7H2,1-3H3,(H,15,16). The van der Waals surface area contributed by atoms with Gasteiger partial charge in [0.15, 0.2) is 0 Å². The molecule has 1 aliphatic heterocycles. The predicted molar refractivity (Wildman–Crippen MR) is 75.4 cm³/mol. The Morgan fingerprint density at radius 2 is 2.11 bits per heavy atom. The molecule has 1 saturated heterocycles. The molecule has 0 aromatic carbocycles. The van der Waals surface area contributed by atoms with Crippen LogP contribution in [0.25, 0.3) is 0 Å². The topological polar surface area (TPSA) is 58.2 Å². The predicted octanol–water partition coefficient (Wildman–Crippen LogP) is 2.86. The number of hydrogen-bond acceptors (Lipinski definition) is 4. The summed E-state index contributed by atoms with van der Waals surface area (Å²) in [5.41, 5.74) is 0.615. The molecule has 1 fully saturated rings. The van der Waals surface area contributed by atoms with Crippen molar-refractivity contribution in [1.82, 2.24) is 15.3 Å². The van der Waals surface area contributed by atoms with Crippen LogP contribution in [-0.4, -0.2) is 34.3 Å². The van der Waals surface area contributed by atoms with Crippen LogP contribution in [0.2, 0.25) is 0 Å². The molecule has 0 spiro atoms. The van der Waals surface area contributed by atoms with Crippen molar-refractivity contribution in [3.05, 3.63) is 16.4 Å². The van der Waals surface area contributed by atoms with Gasteiger partial charge in [0.1, 0.15) is 0 Å². The van der Waals surface area contributed by atoms with E-state index in [0.717, 1.165) is 36.1 Å². The van der Waals surface area contributed by atoms with Gasteiger partial charge in [0.25, 0.3) is 0 Å². The van der Waals surface area contributed by atoms with Gasteiger partial charge in [0.05, 0.1) is 15.6 Å². The Balaban J connectivity index is 1.86. The summed E-state index contributed by atoms with van der Waals surface area (Å²) in [5.74, 6) is 0.247. The Morgan fingerprint density at radius 3 is 2.58 bits per heavy atom. The van der Waals surface area contributed by atoms with Gasteiger partial charge in [0.2, 0.25) is 0 Å². The molecule has 0 unspecified atom stereocenters. The van der Waals surface area contributed by atoms with Crippen molar-refractivity contribution >= 4 is 21.9 Å². The highest BCUT2D eigenvalue weighted by Crippen LogP contribution is 2.31. The zero-order valence-electron chi connectivity index (χ0n) is 11.6. The van der Waals surface area contributed by atoms with Crippen LogP contribution in [0, 0.1) is 5.41 Å². The van der Waals surface area contributed by atoms with E-state index in [1.165, 1.54) is 0 Å². The maximum Gasteiger partial charge on any atom is 0.330 e. The third-order valence-corrected chi connectivity index (χ3v) is 3.92. The second-order valence-corrected chi connectivity index (χ2v) is 6.80. The van der Waals surface area contributed by atoms with E-state index < -0.39 is 5.41 Å². The van der Waals surface area contributed by atoms with Gasteiger partial charge in [-0.05, 0) is 49.5 Å². The van der Waals surface area contributed by atoms with Gasteiger partial charge < -0.3 is 4.84 Å². The second-order valence-electron chi connectivity index (χ2n) is 5.95. The molecular weight excluding hydrogens is 310 g/mol. The summed E-state index contributed by atoms with van der Waals surface area (Å²) < 4.78 is 1.03. The molecule has 5 nitrogen and oxygen atoms in total. The van der Waals surface area contributed by atoms with Crippen molar-refractivity contribution < 1.29 is 9.63 Å². The molecule has 1 aliphatic rings. The molecule has 2 heterocycles. The molecule has 1 N–H and O–H groups in total. The first kappa shape index (κ1) is 14.5. The molecule has 2 rings (SSSR count). The number of carbonyl (C=O) groups is 1. The van der Waals surface area contributed by atoms with Crippen LogP contribution in [0.1, 0.15) is 45.2 Å². The van der Waals surface area contributed by atoms with Gasteiger partial charge in [0, 0.05) is 25.2 Å². The Morgan fingerprint density at radius 1 is 1.47 bits per heavy atom. The van der Waals surface area contributed by atoms with Gasteiger partial charge in [-0.2, -0.15) is 5.10 Å². The minimum absolute atomic E-state index is 0.174. The Hall–Kier alpha value is -0.880. The number of carbonyl (C=O) groups excluding carboxylic acids is 1. The van der Waals surface area contributed by atoms with E-state index in [0.29, 0.717) is 5.92 Å². The fourth-order valence-corrected chi connectivity index (χ4v) is 2.56. The summed E-state index contributed by atoms with van der Waals surface area (Å²) in [6, 6.07) is 0. The van der Waals surface area contributed by atoms with Gasteiger partial charge in [-0.25, -0.2) is 4.79 Å². The van der Waals surface area contributed by atoms with Crippen LogP contribution >= 0.6 is 15.9 Å². The lowest BCUT2D eigenvalue weighted by Gasteiger charge is -2.31. The number of hydroxylamine groups is 2. The fourth-order valence-electron chi connectivity index (χ4n) is 2.05. The molecule has 0 bridgehead atoms. The second kappa shape index (κ2) is 5.63. The van der Waals surface area contributed by atoms with E-state index in [9.17, 15) is 4.79 Å². The molecule has 0 aliphatic carbocycles. The monoisotopic (exact) mass is 329 g/mol. The smallest absolute Gasteiger partial charge is 0.330 e. The lowest BCUT2D eigenvalue weighted by Crippen LogP contribution is -2.38. The number of rotatable bonds is 2. The van der Waals surface area contributed by atoms with Crippen LogP contribution in [0.15, 0.2) is 10.7 Å². The fraction of sp³-hybridized carbons (Fsp3) is 0.692. The molecular formula is C13H20BrN3O2. The Bertz CT molecular complexity index is 445. The molecule has 6 heteroatoms. The van der Waals surface area contributed by atoms with E-state index in [4.69, 9.17) is 4.84 Å². The normalized spacial score (nSPS) is 18.5. The minimum Gasteiger partial charge on any atom is -0.367 e. The van der Waals surface area contributed by atoms with E-state index in [1.54, 1.807) is 5.06 Å². The molecule has 19 heavy (non-hydrogen) atoms.